The average Bonchev–Trinajstić information content (AvgIpc) is 3.33. The number of rotatable bonds is 4. The number of hydrogen-bond acceptors (Lipinski definition) is 8. The average molecular weight is 466 g/mol. The van der Waals surface area contributed by atoms with Gasteiger partial charge in [0.25, 0.3) is 11.8 Å². The van der Waals surface area contributed by atoms with E-state index in [1.807, 2.05) is 30.2 Å². The fraction of sp³-hybridized carbons (Fsp3) is 0.444. The van der Waals surface area contributed by atoms with Gasteiger partial charge in [-0.2, -0.15) is 4.98 Å². The summed E-state index contributed by atoms with van der Waals surface area (Å²) in [6.07, 6.45) is 0.906. The van der Waals surface area contributed by atoms with Gasteiger partial charge in [-0.1, -0.05) is 10.3 Å². The summed E-state index contributed by atoms with van der Waals surface area (Å²) in [6, 6.07) is 1.91. The molecule has 0 aromatic carbocycles. The summed E-state index contributed by atoms with van der Waals surface area (Å²) in [6.45, 7) is 7.33. The lowest BCUT2D eigenvalue weighted by Gasteiger charge is -2.21. The predicted molar refractivity (Wildman–Crippen MR) is 107 cm³/mol. The summed E-state index contributed by atoms with van der Waals surface area (Å²) in [5.41, 5.74) is 1.49. The van der Waals surface area contributed by atoms with E-state index in [0.717, 1.165) is 46.7 Å². The highest BCUT2D eigenvalue weighted by molar-refractivity contribution is 9.10. The quantitative estimate of drug-likeness (QED) is 0.582. The monoisotopic (exact) mass is 465 g/mol. The van der Waals surface area contributed by atoms with Gasteiger partial charge >= 0.3 is 0 Å². The molecule has 0 unspecified atom stereocenters. The van der Waals surface area contributed by atoms with Gasteiger partial charge in [0.15, 0.2) is 5.82 Å². The first kappa shape index (κ1) is 19.3. The van der Waals surface area contributed by atoms with Crippen molar-refractivity contribution in [2.24, 2.45) is 0 Å². The Morgan fingerprint density at radius 3 is 2.79 bits per heavy atom. The third-order valence-electron chi connectivity index (χ3n) is 4.77. The zero-order chi connectivity index (χ0) is 19.7. The fourth-order valence-corrected chi connectivity index (χ4v) is 4.84. The van der Waals surface area contributed by atoms with E-state index in [9.17, 15) is 4.79 Å². The van der Waals surface area contributed by atoms with Gasteiger partial charge in [-0.05, 0) is 47.6 Å². The van der Waals surface area contributed by atoms with Crippen LogP contribution in [0.4, 0.5) is 0 Å². The first-order valence-electron chi connectivity index (χ1n) is 9.03. The molecular formula is C18H20BrN5O3S. The van der Waals surface area contributed by atoms with E-state index in [2.05, 4.69) is 36.1 Å². The molecule has 0 radical (unpaired) electrons. The lowest BCUT2D eigenvalue weighted by atomic mass is 10.2. The minimum Gasteiger partial charge on any atom is -0.361 e. The Balaban J connectivity index is 1.39. The highest BCUT2D eigenvalue weighted by atomic mass is 79.9. The van der Waals surface area contributed by atoms with Crippen LogP contribution in [0.25, 0.3) is 11.5 Å². The molecule has 28 heavy (non-hydrogen) atoms. The molecule has 8 nitrogen and oxygen atoms in total. The van der Waals surface area contributed by atoms with Crippen LogP contribution in [0.1, 0.15) is 33.4 Å². The minimum absolute atomic E-state index is 0.0870. The van der Waals surface area contributed by atoms with Crippen molar-refractivity contribution in [1.29, 1.82) is 0 Å². The van der Waals surface area contributed by atoms with Gasteiger partial charge in [0, 0.05) is 30.7 Å². The molecule has 1 saturated heterocycles. The summed E-state index contributed by atoms with van der Waals surface area (Å²) in [5.74, 6) is 1.80. The molecule has 0 atom stereocenters. The fourth-order valence-electron chi connectivity index (χ4n) is 3.33. The SMILES string of the molecule is Cc1noc(C)c1-c1nc(CN2CCCN(C(=O)c3sccc3Br)CC2)no1. The normalized spacial score (nSPS) is 15.8. The van der Waals surface area contributed by atoms with E-state index in [1.165, 1.54) is 11.3 Å². The number of nitrogens with zero attached hydrogens (tertiary/aromatic N) is 5. The molecule has 1 amide bonds. The summed E-state index contributed by atoms with van der Waals surface area (Å²) in [7, 11) is 0. The number of carbonyl (C=O) groups excluding carboxylic acids is 1. The first-order chi connectivity index (χ1) is 13.5. The van der Waals surface area contributed by atoms with Crippen molar-refractivity contribution in [2.75, 3.05) is 26.2 Å². The number of amides is 1. The summed E-state index contributed by atoms with van der Waals surface area (Å²) in [4.78, 5) is 22.2. The molecule has 10 heteroatoms. The second-order valence-corrected chi connectivity index (χ2v) is 8.50. The molecule has 3 aromatic heterocycles. The predicted octanol–water partition coefficient (Wildman–Crippen LogP) is 3.51. The van der Waals surface area contributed by atoms with Crippen molar-refractivity contribution in [2.45, 2.75) is 26.8 Å². The zero-order valence-electron chi connectivity index (χ0n) is 15.6. The van der Waals surface area contributed by atoms with E-state index in [1.54, 1.807) is 0 Å². The van der Waals surface area contributed by atoms with E-state index in [4.69, 9.17) is 9.05 Å². The van der Waals surface area contributed by atoms with E-state index in [0.29, 0.717) is 30.6 Å². The second kappa shape index (κ2) is 8.14. The van der Waals surface area contributed by atoms with Crippen LogP contribution >= 0.6 is 27.3 Å². The maximum atomic E-state index is 12.7. The Kier molecular flexibility index (Phi) is 5.61. The van der Waals surface area contributed by atoms with Crippen molar-refractivity contribution < 1.29 is 13.8 Å². The molecule has 0 aliphatic carbocycles. The third kappa shape index (κ3) is 3.89. The Morgan fingerprint density at radius 1 is 1.21 bits per heavy atom. The number of aryl methyl sites for hydroxylation is 2. The van der Waals surface area contributed by atoms with Gasteiger partial charge in [-0.15, -0.1) is 11.3 Å². The van der Waals surface area contributed by atoms with Gasteiger partial charge < -0.3 is 13.9 Å². The van der Waals surface area contributed by atoms with Crippen LogP contribution in [-0.2, 0) is 6.54 Å². The lowest BCUT2D eigenvalue weighted by Crippen LogP contribution is -2.35. The van der Waals surface area contributed by atoms with Crippen molar-refractivity contribution in [3.8, 4) is 11.5 Å². The molecule has 1 aliphatic rings. The second-order valence-electron chi connectivity index (χ2n) is 6.73. The van der Waals surface area contributed by atoms with Crippen molar-refractivity contribution in [3.63, 3.8) is 0 Å². The molecule has 1 fully saturated rings. The van der Waals surface area contributed by atoms with Crippen molar-refractivity contribution >= 4 is 33.2 Å². The van der Waals surface area contributed by atoms with Crippen LogP contribution in [0.15, 0.2) is 25.0 Å². The molecule has 4 rings (SSSR count). The van der Waals surface area contributed by atoms with Crippen LogP contribution in [-0.4, -0.2) is 57.2 Å². The number of aromatic nitrogens is 3. The molecule has 0 spiro atoms. The van der Waals surface area contributed by atoms with E-state index >= 15 is 0 Å². The highest BCUT2D eigenvalue weighted by Crippen LogP contribution is 2.26. The highest BCUT2D eigenvalue weighted by Gasteiger charge is 2.24. The summed E-state index contributed by atoms with van der Waals surface area (Å²) >= 11 is 4.92. The Bertz CT molecular complexity index is 962. The number of hydrogen-bond donors (Lipinski definition) is 0. The third-order valence-corrected chi connectivity index (χ3v) is 6.59. The largest absolute Gasteiger partial charge is 0.361 e. The van der Waals surface area contributed by atoms with Crippen LogP contribution in [0, 0.1) is 13.8 Å². The summed E-state index contributed by atoms with van der Waals surface area (Å²) in [5, 5.41) is 9.96. The number of carbonyl (C=O) groups is 1. The van der Waals surface area contributed by atoms with Crippen LogP contribution in [0.3, 0.4) is 0 Å². The Morgan fingerprint density at radius 2 is 2.07 bits per heavy atom. The lowest BCUT2D eigenvalue weighted by molar-refractivity contribution is 0.0765. The molecule has 0 N–H and O–H groups in total. The molecule has 4 heterocycles. The molecule has 148 valence electrons. The Hall–Kier alpha value is -2.04. The van der Waals surface area contributed by atoms with Gasteiger partial charge in [-0.25, -0.2) is 0 Å². The van der Waals surface area contributed by atoms with Crippen LogP contribution < -0.4 is 0 Å². The van der Waals surface area contributed by atoms with Gasteiger partial charge in [0.1, 0.15) is 16.2 Å². The van der Waals surface area contributed by atoms with Gasteiger partial charge in [0.2, 0.25) is 0 Å². The zero-order valence-corrected chi connectivity index (χ0v) is 18.0. The van der Waals surface area contributed by atoms with Gasteiger partial charge in [-0.3, -0.25) is 9.69 Å². The molecule has 0 bridgehead atoms. The number of halogens is 1. The molecule has 0 saturated carbocycles. The first-order valence-corrected chi connectivity index (χ1v) is 10.7. The number of thiophene rings is 1. The van der Waals surface area contributed by atoms with Crippen molar-refractivity contribution in [1.82, 2.24) is 25.1 Å². The molecule has 1 aliphatic heterocycles. The summed E-state index contributed by atoms with van der Waals surface area (Å²) < 4.78 is 11.4. The molecular weight excluding hydrogens is 446 g/mol. The van der Waals surface area contributed by atoms with Crippen LogP contribution in [0.5, 0.6) is 0 Å². The van der Waals surface area contributed by atoms with Crippen molar-refractivity contribution in [3.05, 3.63) is 38.1 Å². The molecule has 3 aromatic rings. The minimum atomic E-state index is 0.0870. The maximum absolute atomic E-state index is 12.7. The topological polar surface area (TPSA) is 88.5 Å². The van der Waals surface area contributed by atoms with E-state index < -0.39 is 0 Å². The Labute approximate surface area is 174 Å². The smallest absolute Gasteiger partial charge is 0.265 e. The maximum Gasteiger partial charge on any atom is 0.265 e. The van der Waals surface area contributed by atoms with Crippen LogP contribution in [0.2, 0.25) is 0 Å². The van der Waals surface area contributed by atoms with Gasteiger partial charge in [0.05, 0.1) is 12.2 Å². The standard InChI is InChI=1S/C18H20BrN5O3S/c1-11-15(12(2)26-21-11)17-20-14(22-27-17)10-23-5-3-6-24(8-7-23)18(25)16-13(19)4-9-28-16/h4,9H,3,5-8,10H2,1-2H3. The van der Waals surface area contributed by atoms with E-state index in [-0.39, 0.29) is 5.91 Å².